The van der Waals surface area contributed by atoms with Gasteiger partial charge in [-0.25, -0.2) is 4.39 Å². The minimum atomic E-state index is -0.856. The zero-order valence-corrected chi connectivity index (χ0v) is 10.7. The largest absolute Gasteiger partial charge is 0.496 e. The van der Waals surface area contributed by atoms with E-state index in [0.717, 1.165) is 12.1 Å². The Bertz CT molecular complexity index is 641. The van der Waals surface area contributed by atoms with Crippen molar-refractivity contribution in [3.8, 4) is 5.75 Å². The minimum absolute atomic E-state index is 0.110. The molecule has 2 aromatic rings. The molecule has 1 N–H and O–H groups in total. The summed E-state index contributed by atoms with van der Waals surface area (Å²) < 4.78 is 18.1. The van der Waals surface area contributed by atoms with E-state index in [1.165, 1.54) is 13.2 Å². The number of halogens is 1. The Morgan fingerprint density at radius 3 is 2.45 bits per heavy atom. The number of hydrogen-bond acceptors (Lipinski definition) is 3. The van der Waals surface area contributed by atoms with Gasteiger partial charge in [-0.3, -0.25) is 9.59 Å². The van der Waals surface area contributed by atoms with Gasteiger partial charge in [0.15, 0.2) is 0 Å². The van der Waals surface area contributed by atoms with Crippen LogP contribution in [0.5, 0.6) is 5.75 Å². The highest BCUT2D eigenvalue weighted by atomic mass is 19.1. The third-order valence-corrected chi connectivity index (χ3v) is 2.64. The molecule has 102 valence electrons. The molecule has 0 unspecified atom stereocenters. The lowest BCUT2D eigenvalue weighted by atomic mass is 10.1. The van der Waals surface area contributed by atoms with Crippen molar-refractivity contribution < 1.29 is 18.7 Å². The molecule has 0 aliphatic heterocycles. The molecule has 2 rings (SSSR count). The van der Waals surface area contributed by atoms with E-state index in [0.29, 0.717) is 5.69 Å². The zero-order valence-electron chi connectivity index (χ0n) is 10.7. The highest BCUT2D eigenvalue weighted by molar-refractivity contribution is 6.47. The molecule has 0 aromatic heterocycles. The van der Waals surface area contributed by atoms with E-state index in [1.807, 2.05) is 0 Å². The lowest BCUT2D eigenvalue weighted by molar-refractivity contribution is -0.112. The molecular formula is C15H12FNO3. The van der Waals surface area contributed by atoms with Gasteiger partial charge < -0.3 is 10.1 Å². The van der Waals surface area contributed by atoms with Crippen LogP contribution in [0.25, 0.3) is 0 Å². The molecule has 0 bridgehead atoms. The van der Waals surface area contributed by atoms with Crippen LogP contribution < -0.4 is 10.1 Å². The fourth-order valence-corrected chi connectivity index (χ4v) is 1.69. The number of ether oxygens (including phenoxy) is 1. The summed E-state index contributed by atoms with van der Waals surface area (Å²) in [7, 11) is 1.35. The van der Waals surface area contributed by atoms with Gasteiger partial charge in [-0.2, -0.15) is 0 Å². The van der Waals surface area contributed by atoms with Gasteiger partial charge in [0.25, 0.3) is 11.7 Å². The SMILES string of the molecule is COc1ccc(F)cc1C(=O)C(=O)Nc1ccccc1. The number of hydrogen-bond donors (Lipinski definition) is 1. The Morgan fingerprint density at radius 1 is 1.10 bits per heavy atom. The molecular weight excluding hydrogens is 261 g/mol. The number of amides is 1. The van der Waals surface area contributed by atoms with Crippen LogP contribution in [0.15, 0.2) is 48.5 Å². The summed E-state index contributed by atoms with van der Waals surface area (Å²) in [6, 6.07) is 12.0. The highest BCUT2D eigenvalue weighted by Crippen LogP contribution is 2.20. The predicted octanol–water partition coefficient (Wildman–Crippen LogP) is 2.66. The van der Waals surface area contributed by atoms with Crippen molar-refractivity contribution in [3.05, 3.63) is 59.9 Å². The first-order valence-electron chi connectivity index (χ1n) is 5.86. The first-order valence-corrected chi connectivity index (χ1v) is 5.86. The molecule has 0 saturated carbocycles. The summed E-state index contributed by atoms with van der Waals surface area (Å²) in [4.78, 5) is 23.9. The van der Waals surface area contributed by atoms with Crippen molar-refractivity contribution >= 4 is 17.4 Å². The van der Waals surface area contributed by atoms with Gasteiger partial charge >= 0.3 is 0 Å². The van der Waals surface area contributed by atoms with E-state index in [1.54, 1.807) is 30.3 Å². The number of nitrogens with one attached hydrogen (secondary N) is 1. The molecule has 0 aliphatic rings. The third kappa shape index (κ3) is 3.00. The molecule has 0 radical (unpaired) electrons. The van der Waals surface area contributed by atoms with Gasteiger partial charge in [0, 0.05) is 5.69 Å². The van der Waals surface area contributed by atoms with Crippen LogP contribution in [0, 0.1) is 5.82 Å². The van der Waals surface area contributed by atoms with E-state index in [2.05, 4.69) is 5.32 Å². The Labute approximate surface area is 115 Å². The van der Waals surface area contributed by atoms with Gasteiger partial charge in [-0.05, 0) is 30.3 Å². The highest BCUT2D eigenvalue weighted by Gasteiger charge is 2.21. The van der Waals surface area contributed by atoms with E-state index in [-0.39, 0.29) is 11.3 Å². The van der Waals surface area contributed by atoms with Crippen molar-refractivity contribution in [2.75, 3.05) is 12.4 Å². The number of methoxy groups -OCH3 is 1. The molecule has 5 heteroatoms. The first kappa shape index (κ1) is 13.7. The van der Waals surface area contributed by atoms with Gasteiger partial charge in [-0.15, -0.1) is 0 Å². The number of anilines is 1. The first-order chi connectivity index (χ1) is 9.61. The lowest BCUT2D eigenvalue weighted by Gasteiger charge is -2.08. The molecule has 0 spiro atoms. The smallest absolute Gasteiger partial charge is 0.296 e. The summed E-state index contributed by atoms with van der Waals surface area (Å²) in [6.07, 6.45) is 0. The molecule has 0 aliphatic carbocycles. The fraction of sp³-hybridized carbons (Fsp3) is 0.0667. The van der Waals surface area contributed by atoms with E-state index >= 15 is 0 Å². The lowest BCUT2D eigenvalue weighted by Crippen LogP contribution is -2.23. The van der Waals surface area contributed by atoms with E-state index < -0.39 is 17.5 Å². The van der Waals surface area contributed by atoms with Gasteiger partial charge in [-0.1, -0.05) is 18.2 Å². The van der Waals surface area contributed by atoms with Crippen LogP contribution in [0.3, 0.4) is 0 Å². The van der Waals surface area contributed by atoms with Crippen molar-refractivity contribution in [1.82, 2.24) is 0 Å². The summed E-state index contributed by atoms with van der Waals surface area (Å²) in [6.45, 7) is 0. The average molecular weight is 273 g/mol. The van der Waals surface area contributed by atoms with Crippen LogP contribution in [-0.4, -0.2) is 18.8 Å². The topological polar surface area (TPSA) is 55.4 Å². The number of benzene rings is 2. The number of carbonyl (C=O) groups is 2. The third-order valence-electron chi connectivity index (χ3n) is 2.64. The maximum Gasteiger partial charge on any atom is 0.296 e. The molecule has 0 heterocycles. The maximum atomic E-state index is 13.2. The fourth-order valence-electron chi connectivity index (χ4n) is 1.69. The Kier molecular flexibility index (Phi) is 4.10. The Morgan fingerprint density at radius 2 is 1.80 bits per heavy atom. The molecule has 1 amide bonds. The molecule has 0 atom stereocenters. The van der Waals surface area contributed by atoms with Crippen molar-refractivity contribution in [2.45, 2.75) is 0 Å². The van der Waals surface area contributed by atoms with E-state index in [4.69, 9.17) is 4.74 Å². The van der Waals surface area contributed by atoms with Gasteiger partial charge in [0.1, 0.15) is 11.6 Å². The second kappa shape index (κ2) is 5.97. The monoisotopic (exact) mass is 273 g/mol. The summed E-state index contributed by atoms with van der Waals surface area (Å²) in [5.74, 6) is -2.16. The number of rotatable bonds is 4. The Balaban J connectivity index is 2.23. The molecule has 20 heavy (non-hydrogen) atoms. The van der Waals surface area contributed by atoms with Crippen LogP contribution in [0.2, 0.25) is 0 Å². The standard InChI is InChI=1S/C15H12FNO3/c1-20-13-8-7-10(16)9-12(13)14(18)15(19)17-11-5-3-2-4-6-11/h2-9H,1H3,(H,17,19). The molecule has 0 fully saturated rings. The normalized spacial score (nSPS) is 9.90. The van der Waals surface area contributed by atoms with Crippen LogP contribution in [0.4, 0.5) is 10.1 Å². The quantitative estimate of drug-likeness (QED) is 0.688. The summed E-state index contributed by atoms with van der Waals surface area (Å²) >= 11 is 0. The maximum absolute atomic E-state index is 13.2. The number of Topliss-reactive ketones (excluding diaryl/α,β-unsaturated/α-hetero) is 1. The number of ketones is 1. The molecule has 4 nitrogen and oxygen atoms in total. The summed E-state index contributed by atoms with van der Waals surface area (Å²) in [5.41, 5.74) is 0.377. The predicted molar refractivity (Wildman–Crippen MR) is 72.4 cm³/mol. The van der Waals surface area contributed by atoms with E-state index in [9.17, 15) is 14.0 Å². The Hall–Kier alpha value is -2.69. The van der Waals surface area contributed by atoms with Crippen molar-refractivity contribution in [2.24, 2.45) is 0 Å². The minimum Gasteiger partial charge on any atom is -0.496 e. The van der Waals surface area contributed by atoms with Crippen LogP contribution in [0.1, 0.15) is 10.4 Å². The number of carbonyl (C=O) groups excluding carboxylic acids is 2. The van der Waals surface area contributed by atoms with Gasteiger partial charge in [0.05, 0.1) is 12.7 Å². The zero-order chi connectivity index (χ0) is 14.5. The molecule has 0 saturated heterocycles. The second-order valence-electron chi connectivity index (χ2n) is 3.99. The summed E-state index contributed by atoms with van der Waals surface area (Å²) in [5, 5.41) is 2.44. The average Bonchev–Trinajstić information content (AvgIpc) is 2.47. The van der Waals surface area contributed by atoms with Crippen LogP contribution >= 0.6 is 0 Å². The van der Waals surface area contributed by atoms with Crippen molar-refractivity contribution in [3.63, 3.8) is 0 Å². The number of para-hydroxylation sites is 1. The second-order valence-corrected chi connectivity index (χ2v) is 3.99. The van der Waals surface area contributed by atoms with Gasteiger partial charge in [0.2, 0.25) is 0 Å². The van der Waals surface area contributed by atoms with Crippen LogP contribution in [-0.2, 0) is 4.79 Å². The van der Waals surface area contributed by atoms with Crippen molar-refractivity contribution in [1.29, 1.82) is 0 Å². The molecule has 2 aromatic carbocycles.